The average molecular weight is 269 g/mol. The Labute approximate surface area is 117 Å². The molecule has 0 fully saturated rings. The number of carbonyl (C=O) groups is 1. The molecular formula is C15H15N3O2. The Bertz CT molecular complexity index is 665. The quantitative estimate of drug-likeness (QED) is 0.806. The third-order valence-corrected chi connectivity index (χ3v) is 2.66. The summed E-state index contributed by atoms with van der Waals surface area (Å²) in [6.07, 6.45) is 3.19. The topological polar surface area (TPSA) is 67.2 Å². The van der Waals surface area contributed by atoms with Crippen LogP contribution in [0, 0.1) is 11.8 Å². The maximum atomic E-state index is 11.9. The van der Waals surface area contributed by atoms with E-state index in [9.17, 15) is 4.79 Å². The molecule has 0 aliphatic heterocycles. The van der Waals surface area contributed by atoms with Crippen molar-refractivity contribution in [2.24, 2.45) is 7.05 Å². The molecule has 5 heteroatoms. The molecule has 0 bridgehead atoms. The third kappa shape index (κ3) is 3.70. The lowest BCUT2D eigenvalue weighted by Gasteiger charge is -2.04. The van der Waals surface area contributed by atoms with Crippen LogP contribution in [0.5, 0.6) is 0 Å². The summed E-state index contributed by atoms with van der Waals surface area (Å²) in [5.74, 6) is 5.26. The van der Waals surface area contributed by atoms with E-state index in [2.05, 4.69) is 22.3 Å². The van der Waals surface area contributed by atoms with Crippen LogP contribution in [0.4, 0.5) is 0 Å². The van der Waals surface area contributed by atoms with E-state index in [1.807, 2.05) is 24.3 Å². The number of aliphatic hydroxyl groups is 1. The number of hydrogen-bond acceptors (Lipinski definition) is 3. The number of hydrogen-bond donors (Lipinski definition) is 2. The van der Waals surface area contributed by atoms with Gasteiger partial charge in [0.1, 0.15) is 6.61 Å². The number of nitrogens with one attached hydrogen (secondary N) is 1. The fourth-order valence-corrected chi connectivity index (χ4v) is 1.72. The molecule has 0 saturated heterocycles. The lowest BCUT2D eigenvalue weighted by Crippen LogP contribution is -2.22. The van der Waals surface area contributed by atoms with Gasteiger partial charge in [-0.25, -0.2) is 0 Å². The second-order valence-corrected chi connectivity index (χ2v) is 4.25. The smallest absolute Gasteiger partial charge is 0.254 e. The van der Waals surface area contributed by atoms with Crippen LogP contribution in [0.2, 0.25) is 0 Å². The van der Waals surface area contributed by atoms with Crippen molar-refractivity contribution in [3.63, 3.8) is 0 Å². The van der Waals surface area contributed by atoms with Crippen molar-refractivity contribution >= 4 is 5.91 Å². The van der Waals surface area contributed by atoms with Crippen molar-refractivity contribution in [1.29, 1.82) is 0 Å². The summed E-state index contributed by atoms with van der Waals surface area (Å²) >= 11 is 0. The number of aromatic nitrogens is 2. The minimum absolute atomic E-state index is 0.162. The van der Waals surface area contributed by atoms with Crippen LogP contribution >= 0.6 is 0 Å². The first kappa shape index (κ1) is 13.8. The van der Waals surface area contributed by atoms with Gasteiger partial charge in [-0.3, -0.25) is 9.48 Å². The zero-order valence-corrected chi connectivity index (χ0v) is 11.1. The summed E-state index contributed by atoms with van der Waals surface area (Å²) in [5, 5.41) is 15.4. The van der Waals surface area contributed by atoms with Gasteiger partial charge in [0.05, 0.1) is 11.8 Å². The fraction of sp³-hybridized carbons (Fsp3) is 0.200. The molecule has 0 aliphatic carbocycles. The van der Waals surface area contributed by atoms with E-state index in [0.717, 1.165) is 11.1 Å². The minimum atomic E-state index is -0.165. The molecule has 0 unspecified atom stereocenters. The Morgan fingerprint density at radius 2 is 2.35 bits per heavy atom. The normalized spacial score (nSPS) is 9.70. The molecule has 2 aromatic rings. The minimum Gasteiger partial charge on any atom is -0.384 e. The van der Waals surface area contributed by atoms with E-state index in [1.165, 1.54) is 6.20 Å². The molecule has 1 aromatic heterocycles. The number of rotatable bonds is 3. The van der Waals surface area contributed by atoms with E-state index < -0.39 is 0 Å². The van der Waals surface area contributed by atoms with E-state index in [-0.39, 0.29) is 12.5 Å². The van der Waals surface area contributed by atoms with Crippen molar-refractivity contribution in [2.75, 3.05) is 6.61 Å². The zero-order valence-electron chi connectivity index (χ0n) is 11.1. The Kier molecular flexibility index (Phi) is 4.53. The average Bonchev–Trinajstić information content (AvgIpc) is 2.90. The van der Waals surface area contributed by atoms with Crippen LogP contribution in [0.3, 0.4) is 0 Å². The summed E-state index contributed by atoms with van der Waals surface area (Å²) in [6, 6.07) is 7.52. The van der Waals surface area contributed by atoms with Crippen molar-refractivity contribution in [3.8, 4) is 11.8 Å². The standard InChI is InChI=1S/C15H15N3O2/c1-18-11-14(10-17-18)15(20)16-9-13-5-2-4-12(8-13)6-3-7-19/h2,4-5,8,10-11,19H,7,9H2,1H3,(H,16,20). The summed E-state index contributed by atoms with van der Waals surface area (Å²) in [5.41, 5.74) is 2.29. The maximum absolute atomic E-state index is 11.9. The lowest BCUT2D eigenvalue weighted by molar-refractivity contribution is 0.0951. The number of benzene rings is 1. The number of carbonyl (C=O) groups excluding carboxylic acids is 1. The molecule has 20 heavy (non-hydrogen) atoms. The molecular weight excluding hydrogens is 254 g/mol. The molecule has 102 valence electrons. The van der Waals surface area contributed by atoms with Crippen molar-refractivity contribution < 1.29 is 9.90 Å². The summed E-state index contributed by atoms with van der Waals surface area (Å²) in [7, 11) is 1.76. The molecule has 0 spiro atoms. The SMILES string of the molecule is Cn1cc(C(=O)NCc2cccc(C#CCO)c2)cn1. The highest BCUT2D eigenvalue weighted by molar-refractivity contribution is 5.93. The van der Waals surface area contributed by atoms with Gasteiger partial charge in [0, 0.05) is 25.4 Å². The van der Waals surface area contributed by atoms with E-state index >= 15 is 0 Å². The molecule has 0 saturated carbocycles. The van der Waals surface area contributed by atoms with Crippen LogP contribution in [0.15, 0.2) is 36.7 Å². The van der Waals surface area contributed by atoms with Gasteiger partial charge in [-0.2, -0.15) is 5.10 Å². The second kappa shape index (κ2) is 6.55. The summed E-state index contributed by atoms with van der Waals surface area (Å²) < 4.78 is 1.58. The van der Waals surface area contributed by atoms with Crippen molar-refractivity contribution in [1.82, 2.24) is 15.1 Å². The van der Waals surface area contributed by atoms with Gasteiger partial charge in [-0.1, -0.05) is 24.0 Å². The molecule has 0 radical (unpaired) electrons. The van der Waals surface area contributed by atoms with E-state index in [4.69, 9.17) is 5.11 Å². The first-order valence-electron chi connectivity index (χ1n) is 6.14. The number of aliphatic hydroxyl groups excluding tert-OH is 1. The lowest BCUT2D eigenvalue weighted by atomic mass is 10.1. The van der Waals surface area contributed by atoms with Gasteiger partial charge in [0.25, 0.3) is 5.91 Å². The Morgan fingerprint density at radius 1 is 1.50 bits per heavy atom. The predicted octanol–water partition coefficient (Wildman–Crippen LogP) is 0.694. The Balaban J connectivity index is 1.98. The number of amides is 1. The van der Waals surface area contributed by atoms with Gasteiger partial charge in [-0.05, 0) is 17.7 Å². The van der Waals surface area contributed by atoms with Crippen LogP contribution < -0.4 is 5.32 Å². The summed E-state index contributed by atoms with van der Waals surface area (Å²) in [6.45, 7) is 0.254. The predicted molar refractivity (Wildman–Crippen MR) is 74.8 cm³/mol. The van der Waals surface area contributed by atoms with Crippen molar-refractivity contribution in [3.05, 3.63) is 53.3 Å². The second-order valence-electron chi connectivity index (χ2n) is 4.25. The monoisotopic (exact) mass is 269 g/mol. The zero-order chi connectivity index (χ0) is 14.4. The molecule has 2 N–H and O–H groups in total. The molecule has 2 rings (SSSR count). The van der Waals surface area contributed by atoms with Gasteiger partial charge >= 0.3 is 0 Å². The Hall–Kier alpha value is -2.58. The van der Waals surface area contributed by atoms with Gasteiger partial charge in [-0.15, -0.1) is 0 Å². The van der Waals surface area contributed by atoms with E-state index in [0.29, 0.717) is 12.1 Å². The Morgan fingerprint density at radius 3 is 3.05 bits per heavy atom. The highest BCUT2D eigenvalue weighted by Crippen LogP contribution is 2.04. The van der Waals surface area contributed by atoms with Crippen LogP contribution in [0.1, 0.15) is 21.5 Å². The highest BCUT2D eigenvalue weighted by Gasteiger charge is 2.07. The maximum Gasteiger partial charge on any atom is 0.254 e. The van der Waals surface area contributed by atoms with Gasteiger partial charge < -0.3 is 10.4 Å². The molecule has 0 atom stereocenters. The first-order chi connectivity index (χ1) is 9.69. The largest absolute Gasteiger partial charge is 0.384 e. The molecule has 1 amide bonds. The number of nitrogens with zero attached hydrogens (tertiary/aromatic N) is 2. The molecule has 0 aliphatic rings. The van der Waals surface area contributed by atoms with Gasteiger partial charge in [0.2, 0.25) is 0 Å². The first-order valence-corrected chi connectivity index (χ1v) is 6.14. The van der Waals surface area contributed by atoms with E-state index in [1.54, 1.807) is 17.9 Å². The van der Waals surface area contributed by atoms with Crippen LogP contribution in [0.25, 0.3) is 0 Å². The summed E-state index contributed by atoms with van der Waals surface area (Å²) in [4.78, 5) is 11.9. The molecule has 5 nitrogen and oxygen atoms in total. The highest BCUT2D eigenvalue weighted by atomic mass is 16.2. The third-order valence-electron chi connectivity index (χ3n) is 2.66. The molecule has 1 aromatic carbocycles. The molecule has 1 heterocycles. The van der Waals surface area contributed by atoms with Crippen molar-refractivity contribution in [2.45, 2.75) is 6.54 Å². The van der Waals surface area contributed by atoms with Crippen LogP contribution in [-0.2, 0) is 13.6 Å². The van der Waals surface area contributed by atoms with Gasteiger partial charge in [0.15, 0.2) is 0 Å². The van der Waals surface area contributed by atoms with Crippen LogP contribution in [-0.4, -0.2) is 27.4 Å². The fourth-order valence-electron chi connectivity index (χ4n) is 1.72. The number of aryl methyl sites for hydroxylation is 1.